The summed E-state index contributed by atoms with van der Waals surface area (Å²) in [5.41, 5.74) is 0.100. The van der Waals surface area contributed by atoms with E-state index in [1.54, 1.807) is 0 Å². The number of nitriles is 1. The zero-order valence-corrected chi connectivity index (χ0v) is 18.4. The largest absolute Gasteiger partial charge is 0.486 e. The van der Waals surface area contributed by atoms with E-state index in [-0.39, 0.29) is 23.6 Å². The van der Waals surface area contributed by atoms with Crippen molar-refractivity contribution >= 4 is 5.91 Å². The first-order chi connectivity index (χ1) is 15.3. The number of nitrogens with one attached hydrogen (secondary N) is 2. The Bertz CT molecular complexity index is 760. The Morgan fingerprint density at radius 3 is 2.26 bits per heavy atom. The number of carbonyl (C=O) groups excluding carboxylic acids is 1. The summed E-state index contributed by atoms with van der Waals surface area (Å²) < 4.78 is 11.6. The van der Waals surface area contributed by atoms with Gasteiger partial charge < -0.3 is 20.1 Å². The Labute approximate surface area is 186 Å². The predicted octanol–water partition coefficient (Wildman–Crippen LogP) is 4.61. The summed E-state index contributed by atoms with van der Waals surface area (Å²) in [5, 5.41) is 15.6. The summed E-state index contributed by atoms with van der Waals surface area (Å²) in [6.07, 6.45) is 14.6. The zero-order valence-electron chi connectivity index (χ0n) is 18.4. The van der Waals surface area contributed by atoms with Gasteiger partial charge in [0.05, 0.1) is 6.54 Å². The molecular weight excluding hydrogens is 390 g/mol. The molecule has 168 valence electrons. The van der Waals surface area contributed by atoms with Crippen LogP contribution in [0.15, 0.2) is 36.0 Å². The molecule has 0 spiro atoms. The van der Waals surface area contributed by atoms with E-state index in [2.05, 4.69) is 10.6 Å². The van der Waals surface area contributed by atoms with Gasteiger partial charge in [-0.15, -0.1) is 0 Å². The minimum absolute atomic E-state index is 0.100. The average Bonchev–Trinajstić information content (AvgIpc) is 2.78. The highest BCUT2D eigenvalue weighted by Gasteiger charge is 2.20. The fraction of sp³-hybridized carbons (Fsp3) is 0.600. The molecule has 0 bridgehead atoms. The molecule has 3 rings (SSSR count). The number of para-hydroxylation sites is 2. The van der Waals surface area contributed by atoms with Crippen molar-refractivity contribution in [1.82, 2.24) is 10.6 Å². The monoisotopic (exact) mass is 425 g/mol. The molecule has 6 nitrogen and oxygen atoms in total. The Morgan fingerprint density at radius 1 is 1.00 bits per heavy atom. The van der Waals surface area contributed by atoms with Crippen LogP contribution in [0.1, 0.15) is 70.6 Å². The molecular formula is C25H35N3O3. The van der Waals surface area contributed by atoms with E-state index in [0.717, 1.165) is 31.4 Å². The van der Waals surface area contributed by atoms with Crippen molar-refractivity contribution in [1.29, 1.82) is 5.26 Å². The molecule has 2 N–H and O–H groups in total. The Balaban J connectivity index is 1.46. The third-order valence-corrected chi connectivity index (χ3v) is 5.96. The minimum atomic E-state index is -0.293. The number of ether oxygens (including phenoxy) is 2. The van der Waals surface area contributed by atoms with Gasteiger partial charge in [-0.3, -0.25) is 4.79 Å². The molecule has 1 amide bonds. The fourth-order valence-corrected chi connectivity index (χ4v) is 4.18. The van der Waals surface area contributed by atoms with Gasteiger partial charge in [0.25, 0.3) is 5.91 Å². The number of benzene rings is 1. The van der Waals surface area contributed by atoms with Crippen LogP contribution < -0.4 is 20.1 Å². The molecule has 6 heteroatoms. The van der Waals surface area contributed by atoms with Gasteiger partial charge in [0.1, 0.15) is 24.4 Å². The Hall–Kier alpha value is -2.68. The number of hydrogen-bond acceptors (Lipinski definition) is 5. The van der Waals surface area contributed by atoms with Crippen LogP contribution >= 0.6 is 0 Å². The highest BCUT2D eigenvalue weighted by atomic mass is 16.6. The Kier molecular flexibility index (Phi) is 9.56. The first-order valence-electron chi connectivity index (χ1n) is 11.8. The van der Waals surface area contributed by atoms with Gasteiger partial charge in [-0.05, 0) is 25.0 Å². The van der Waals surface area contributed by atoms with E-state index in [4.69, 9.17) is 9.47 Å². The summed E-state index contributed by atoms with van der Waals surface area (Å²) in [4.78, 5) is 12.7. The van der Waals surface area contributed by atoms with Crippen LogP contribution in [-0.4, -0.2) is 31.2 Å². The minimum Gasteiger partial charge on any atom is -0.486 e. The van der Waals surface area contributed by atoms with Gasteiger partial charge in [-0.2, -0.15) is 5.26 Å². The van der Waals surface area contributed by atoms with Crippen molar-refractivity contribution in [2.45, 2.75) is 82.8 Å². The lowest BCUT2D eigenvalue weighted by atomic mass is 9.98. The SMILES string of the molecule is N#C/C(=C/NCC1COc2ccccc2O1)C(=O)NC1CCCCCCCCCCC1. The van der Waals surface area contributed by atoms with Crippen LogP contribution in [0.5, 0.6) is 11.5 Å². The van der Waals surface area contributed by atoms with Crippen molar-refractivity contribution in [2.24, 2.45) is 0 Å². The van der Waals surface area contributed by atoms with Crippen molar-refractivity contribution in [3.05, 3.63) is 36.0 Å². The van der Waals surface area contributed by atoms with E-state index in [1.807, 2.05) is 30.3 Å². The molecule has 0 aromatic heterocycles. The molecule has 1 heterocycles. The zero-order chi connectivity index (χ0) is 21.7. The highest BCUT2D eigenvalue weighted by Crippen LogP contribution is 2.30. The van der Waals surface area contributed by atoms with E-state index in [1.165, 1.54) is 51.1 Å². The van der Waals surface area contributed by atoms with Gasteiger partial charge >= 0.3 is 0 Å². The van der Waals surface area contributed by atoms with Gasteiger partial charge in [0.2, 0.25) is 0 Å². The van der Waals surface area contributed by atoms with Gasteiger partial charge in [0, 0.05) is 12.2 Å². The molecule has 1 atom stereocenters. The molecule has 1 aliphatic carbocycles. The second kappa shape index (κ2) is 12.9. The van der Waals surface area contributed by atoms with Crippen molar-refractivity contribution in [2.75, 3.05) is 13.2 Å². The molecule has 1 aliphatic heterocycles. The van der Waals surface area contributed by atoms with E-state index in [9.17, 15) is 10.1 Å². The van der Waals surface area contributed by atoms with E-state index >= 15 is 0 Å². The predicted molar refractivity (Wildman–Crippen MR) is 121 cm³/mol. The number of hydrogen-bond donors (Lipinski definition) is 2. The average molecular weight is 426 g/mol. The molecule has 1 fully saturated rings. The Morgan fingerprint density at radius 2 is 1.61 bits per heavy atom. The molecule has 1 unspecified atom stereocenters. The first-order valence-corrected chi connectivity index (χ1v) is 11.8. The molecule has 0 radical (unpaired) electrons. The summed E-state index contributed by atoms with van der Waals surface area (Å²) in [7, 11) is 0. The van der Waals surface area contributed by atoms with Crippen molar-refractivity contribution in [3.63, 3.8) is 0 Å². The maximum absolute atomic E-state index is 12.7. The van der Waals surface area contributed by atoms with Crippen LogP contribution in [0.25, 0.3) is 0 Å². The summed E-state index contributed by atoms with van der Waals surface area (Å²) >= 11 is 0. The molecule has 2 aliphatic rings. The normalized spacial score (nSPS) is 21.1. The third kappa shape index (κ3) is 7.82. The molecule has 1 aromatic carbocycles. The van der Waals surface area contributed by atoms with E-state index in [0.29, 0.717) is 18.9 Å². The van der Waals surface area contributed by atoms with Crippen LogP contribution in [0.3, 0.4) is 0 Å². The number of rotatable bonds is 5. The van der Waals surface area contributed by atoms with Crippen LogP contribution in [0.2, 0.25) is 0 Å². The highest BCUT2D eigenvalue weighted by molar-refractivity contribution is 5.97. The fourth-order valence-electron chi connectivity index (χ4n) is 4.18. The maximum atomic E-state index is 12.7. The molecule has 1 aromatic rings. The standard InChI is InChI=1S/C25H35N3O3/c26-16-20(17-27-18-22-19-30-23-14-10-11-15-24(23)31-22)25(29)28-21-12-8-6-4-2-1-3-5-7-9-13-21/h10-11,14-15,17,21-22,27H,1-9,12-13,18-19H2,(H,28,29)/b20-17-. The second-order valence-electron chi connectivity index (χ2n) is 8.51. The number of fused-ring (bicyclic) bond motifs is 1. The smallest absolute Gasteiger partial charge is 0.263 e. The number of carbonyl (C=O) groups is 1. The number of nitrogens with zero attached hydrogens (tertiary/aromatic N) is 1. The summed E-state index contributed by atoms with van der Waals surface area (Å²) in [6.45, 7) is 0.879. The van der Waals surface area contributed by atoms with Crippen LogP contribution in [-0.2, 0) is 4.79 Å². The van der Waals surface area contributed by atoms with Crippen molar-refractivity contribution in [3.8, 4) is 17.6 Å². The lowest BCUT2D eigenvalue weighted by Gasteiger charge is -2.26. The summed E-state index contributed by atoms with van der Waals surface area (Å²) in [6, 6.07) is 9.73. The third-order valence-electron chi connectivity index (χ3n) is 5.96. The quantitative estimate of drug-likeness (QED) is 0.532. The van der Waals surface area contributed by atoms with Crippen LogP contribution in [0.4, 0.5) is 0 Å². The maximum Gasteiger partial charge on any atom is 0.263 e. The topological polar surface area (TPSA) is 83.4 Å². The van der Waals surface area contributed by atoms with Crippen LogP contribution in [0, 0.1) is 11.3 Å². The molecule has 1 saturated carbocycles. The van der Waals surface area contributed by atoms with Crippen molar-refractivity contribution < 1.29 is 14.3 Å². The van der Waals surface area contributed by atoms with Gasteiger partial charge in [0.15, 0.2) is 11.5 Å². The van der Waals surface area contributed by atoms with Gasteiger partial charge in [-0.25, -0.2) is 0 Å². The molecule has 0 saturated heterocycles. The lowest BCUT2D eigenvalue weighted by molar-refractivity contribution is -0.117. The summed E-state index contributed by atoms with van der Waals surface area (Å²) in [5.74, 6) is 1.16. The second-order valence-corrected chi connectivity index (χ2v) is 8.51. The van der Waals surface area contributed by atoms with Gasteiger partial charge in [-0.1, -0.05) is 69.9 Å². The first kappa shape index (κ1) is 23.0. The van der Waals surface area contributed by atoms with E-state index < -0.39 is 0 Å². The lowest BCUT2D eigenvalue weighted by Crippen LogP contribution is -2.38. The number of amides is 1. The molecule has 31 heavy (non-hydrogen) atoms.